The third-order valence-electron chi connectivity index (χ3n) is 2.54. The Bertz CT molecular complexity index is 449. The number of amides is 1. The summed E-state index contributed by atoms with van der Waals surface area (Å²) in [5, 5.41) is 12.3. The summed E-state index contributed by atoms with van der Waals surface area (Å²) in [6, 6.07) is 3.17. The molecule has 1 aromatic carbocycles. The third kappa shape index (κ3) is 4.61. The molecule has 6 heteroatoms. The number of carbonyl (C=O) groups is 1. The van der Waals surface area contributed by atoms with Gasteiger partial charge >= 0.3 is 0 Å². The second-order valence-corrected chi connectivity index (χ2v) is 4.53. The van der Waals surface area contributed by atoms with Crippen LogP contribution in [0.3, 0.4) is 0 Å². The van der Waals surface area contributed by atoms with Crippen LogP contribution in [0.4, 0.5) is 5.69 Å². The van der Waals surface area contributed by atoms with E-state index in [0.29, 0.717) is 28.6 Å². The summed E-state index contributed by atoms with van der Waals surface area (Å²) in [7, 11) is 2.98. The third-order valence-corrected chi connectivity index (χ3v) is 2.83. The minimum absolute atomic E-state index is 0.205. The molecule has 0 aliphatic carbocycles. The van der Waals surface area contributed by atoms with Gasteiger partial charge in [0.15, 0.2) is 0 Å². The smallest absolute Gasteiger partial charge is 0.224 e. The predicted octanol–water partition coefficient (Wildman–Crippen LogP) is 2.46. The Morgan fingerprint density at radius 3 is 2.53 bits per heavy atom. The van der Waals surface area contributed by atoms with Crippen LogP contribution in [0.1, 0.15) is 19.8 Å². The molecule has 1 atom stereocenters. The number of aliphatic hydroxyl groups is 1. The Kier molecular flexibility index (Phi) is 5.92. The molecule has 5 nitrogen and oxygen atoms in total. The summed E-state index contributed by atoms with van der Waals surface area (Å²) in [6.45, 7) is 1.64. The molecule has 0 radical (unpaired) electrons. The standard InChI is InChI=1S/C13H18ClNO4/c1-8(16)4-5-13(17)15-10-7-11(18-2)9(14)6-12(10)19-3/h6-8,16H,4-5H2,1-3H3,(H,15,17). The highest BCUT2D eigenvalue weighted by atomic mass is 35.5. The molecule has 1 unspecified atom stereocenters. The van der Waals surface area contributed by atoms with E-state index in [0.717, 1.165) is 0 Å². The van der Waals surface area contributed by atoms with Crippen LogP contribution in [0.5, 0.6) is 11.5 Å². The molecule has 0 fully saturated rings. The Hall–Kier alpha value is -1.46. The van der Waals surface area contributed by atoms with Gasteiger partial charge in [0.1, 0.15) is 11.5 Å². The van der Waals surface area contributed by atoms with Crippen LogP contribution < -0.4 is 14.8 Å². The minimum atomic E-state index is -0.507. The van der Waals surface area contributed by atoms with Crippen molar-refractivity contribution in [3.63, 3.8) is 0 Å². The van der Waals surface area contributed by atoms with Gasteiger partial charge in [0.05, 0.1) is 31.0 Å². The number of hydrogen-bond donors (Lipinski definition) is 2. The van der Waals surface area contributed by atoms with Gasteiger partial charge in [-0.25, -0.2) is 0 Å². The molecule has 0 bridgehead atoms. The topological polar surface area (TPSA) is 67.8 Å². The number of nitrogens with one attached hydrogen (secondary N) is 1. The van der Waals surface area contributed by atoms with Crippen LogP contribution in [-0.2, 0) is 4.79 Å². The summed E-state index contributed by atoms with van der Waals surface area (Å²) >= 11 is 5.97. The van der Waals surface area contributed by atoms with E-state index in [1.807, 2.05) is 0 Å². The van der Waals surface area contributed by atoms with E-state index >= 15 is 0 Å². The van der Waals surface area contributed by atoms with Crippen molar-refractivity contribution in [1.82, 2.24) is 0 Å². The van der Waals surface area contributed by atoms with E-state index in [1.54, 1.807) is 19.1 Å². The molecule has 0 saturated carbocycles. The number of carbonyl (C=O) groups excluding carboxylic acids is 1. The number of hydrogen-bond acceptors (Lipinski definition) is 4. The van der Waals surface area contributed by atoms with Crippen LogP contribution in [0.25, 0.3) is 0 Å². The average molecular weight is 288 g/mol. The highest BCUT2D eigenvalue weighted by Crippen LogP contribution is 2.35. The van der Waals surface area contributed by atoms with Gasteiger partial charge in [0, 0.05) is 18.6 Å². The summed E-state index contributed by atoms with van der Waals surface area (Å²) in [6.07, 6.45) is 0.123. The molecule has 0 aromatic heterocycles. The Labute approximate surface area is 117 Å². The highest BCUT2D eigenvalue weighted by Gasteiger charge is 2.12. The summed E-state index contributed by atoms with van der Waals surface area (Å²) < 4.78 is 10.2. The van der Waals surface area contributed by atoms with Crippen molar-refractivity contribution in [2.45, 2.75) is 25.9 Å². The van der Waals surface area contributed by atoms with E-state index in [4.69, 9.17) is 26.2 Å². The first-order chi connectivity index (χ1) is 8.97. The number of benzene rings is 1. The summed E-state index contributed by atoms with van der Waals surface area (Å²) in [5.74, 6) is 0.702. The molecule has 1 rings (SSSR count). The molecule has 2 N–H and O–H groups in total. The van der Waals surface area contributed by atoms with Gasteiger partial charge < -0.3 is 19.9 Å². The summed E-state index contributed by atoms with van der Waals surface area (Å²) in [4.78, 5) is 11.7. The number of anilines is 1. The van der Waals surface area contributed by atoms with Gasteiger partial charge in [0.2, 0.25) is 5.91 Å². The number of aliphatic hydroxyl groups excluding tert-OH is 1. The minimum Gasteiger partial charge on any atom is -0.495 e. The average Bonchev–Trinajstić information content (AvgIpc) is 2.37. The molecule has 1 amide bonds. The predicted molar refractivity (Wildman–Crippen MR) is 74.1 cm³/mol. The Balaban J connectivity index is 2.84. The van der Waals surface area contributed by atoms with Crippen LogP contribution in [0.2, 0.25) is 5.02 Å². The lowest BCUT2D eigenvalue weighted by atomic mass is 10.2. The molecule has 0 saturated heterocycles. The van der Waals surface area contributed by atoms with Crippen LogP contribution >= 0.6 is 11.6 Å². The van der Waals surface area contributed by atoms with Crippen LogP contribution in [0.15, 0.2) is 12.1 Å². The Morgan fingerprint density at radius 1 is 1.37 bits per heavy atom. The fourth-order valence-electron chi connectivity index (χ4n) is 1.51. The largest absolute Gasteiger partial charge is 0.495 e. The zero-order valence-electron chi connectivity index (χ0n) is 11.2. The number of rotatable bonds is 6. The first-order valence-electron chi connectivity index (χ1n) is 5.87. The van der Waals surface area contributed by atoms with Crippen molar-refractivity contribution < 1.29 is 19.4 Å². The van der Waals surface area contributed by atoms with Gasteiger partial charge in [-0.1, -0.05) is 11.6 Å². The van der Waals surface area contributed by atoms with E-state index in [1.165, 1.54) is 14.2 Å². The van der Waals surface area contributed by atoms with Gasteiger partial charge in [-0.05, 0) is 13.3 Å². The monoisotopic (exact) mass is 287 g/mol. The molecular weight excluding hydrogens is 270 g/mol. The fourth-order valence-corrected chi connectivity index (χ4v) is 1.74. The molecule has 19 heavy (non-hydrogen) atoms. The van der Waals surface area contributed by atoms with Crippen molar-refractivity contribution in [1.29, 1.82) is 0 Å². The maximum absolute atomic E-state index is 11.7. The molecule has 106 valence electrons. The zero-order chi connectivity index (χ0) is 14.4. The lowest BCUT2D eigenvalue weighted by Crippen LogP contribution is -2.14. The van der Waals surface area contributed by atoms with Gasteiger partial charge in [-0.3, -0.25) is 4.79 Å². The van der Waals surface area contributed by atoms with Crippen molar-refractivity contribution >= 4 is 23.2 Å². The number of halogens is 1. The first-order valence-corrected chi connectivity index (χ1v) is 6.25. The van der Waals surface area contributed by atoms with Gasteiger partial charge in [0.25, 0.3) is 0 Å². The van der Waals surface area contributed by atoms with Crippen molar-refractivity contribution in [3.05, 3.63) is 17.2 Å². The SMILES string of the molecule is COc1cc(NC(=O)CCC(C)O)c(OC)cc1Cl. The van der Waals surface area contributed by atoms with E-state index in [-0.39, 0.29) is 12.3 Å². The van der Waals surface area contributed by atoms with Crippen molar-refractivity contribution in [3.8, 4) is 11.5 Å². The molecular formula is C13H18ClNO4. The lowest BCUT2D eigenvalue weighted by Gasteiger charge is -2.13. The number of ether oxygens (including phenoxy) is 2. The van der Waals surface area contributed by atoms with E-state index < -0.39 is 6.10 Å². The fraction of sp³-hybridized carbons (Fsp3) is 0.462. The molecule has 0 spiro atoms. The van der Waals surface area contributed by atoms with Crippen LogP contribution in [0, 0.1) is 0 Å². The van der Waals surface area contributed by atoms with Crippen LogP contribution in [-0.4, -0.2) is 31.3 Å². The van der Waals surface area contributed by atoms with Crippen molar-refractivity contribution in [2.24, 2.45) is 0 Å². The molecule has 0 heterocycles. The van der Waals surface area contributed by atoms with Gasteiger partial charge in [-0.2, -0.15) is 0 Å². The summed E-state index contributed by atoms with van der Waals surface area (Å²) in [5.41, 5.74) is 0.486. The second kappa shape index (κ2) is 7.21. The van der Waals surface area contributed by atoms with Crippen molar-refractivity contribution in [2.75, 3.05) is 19.5 Å². The molecule has 0 aliphatic heterocycles. The Morgan fingerprint density at radius 2 is 2.00 bits per heavy atom. The quantitative estimate of drug-likeness (QED) is 0.843. The van der Waals surface area contributed by atoms with Gasteiger partial charge in [-0.15, -0.1) is 0 Å². The van der Waals surface area contributed by atoms with E-state index in [2.05, 4.69) is 5.32 Å². The zero-order valence-corrected chi connectivity index (χ0v) is 12.0. The molecule has 0 aliphatic rings. The maximum Gasteiger partial charge on any atom is 0.224 e. The first kappa shape index (κ1) is 15.6. The second-order valence-electron chi connectivity index (χ2n) is 4.12. The maximum atomic E-state index is 11.7. The highest BCUT2D eigenvalue weighted by molar-refractivity contribution is 6.32. The van der Waals surface area contributed by atoms with E-state index in [9.17, 15) is 4.79 Å². The number of methoxy groups -OCH3 is 2. The normalized spacial score (nSPS) is 11.8. The lowest BCUT2D eigenvalue weighted by molar-refractivity contribution is -0.116. The molecule has 1 aromatic rings.